The van der Waals surface area contributed by atoms with Crippen LogP contribution in [0.4, 0.5) is 0 Å². The summed E-state index contributed by atoms with van der Waals surface area (Å²) in [5, 5.41) is 20.6. The number of aliphatic hydroxyl groups excluding tert-OH is 1. The van der Waals surface area contributed by atoms with Crippen molar-refractivity contribution in [3.63, 3.8) is 0 Å². The van der Waals surface area contributed by atoms with Crippen molar-refractivity contribution in [2.45, 2.75) is 77.7 Å². The average molecular weight is 335 g/mol. The minimum atomic E-state index is -0.517. The predicted molar refractivity (Wildman–Crippen MR) is 93.3 cm³/mol. The van der Waals surface area contributed by atoms with E-state index in [1.54, 1.807) is 0 Å². The molecule has 0 aromatic heterocycles. The van der Waals surface area contributed by atoms with Crippen LogP contribution in [0.15, 0.2) is 0 Å². The molecule has 0 heterocycles. The Morgan fingerprint density at radius 1 is 1.04 bits per heavy atom. The summed E-state index contributed by atoms with van der Waals surface area (Å²) in [4.78, 5) is 12.3. The Balaban J connectivity index is 1.65. The van der Waals surface area contributed by atoms with E-state index in [9.17, 15) is 15.0 Å². The van der Waals surface area contributed by atoms with Gasteiger partial charge in [0.2, 0.25) is 0 Å². The lowest BCUT2D eigenvalue weighted by molar-refractivity contribution is -0.160. The summed E-state index contributed by atoms with van der Waals surface area (Å²) in [5.74, 6) is 2.68. The van der Waals surface area contributed by atoms with Gasteiger partial charge in [-0.3, -0.25) is 4.79 Å². The van der Waals surface area contributed by atoms with Gasteiger partial charge in [-0.2, -0.15) is 0 Å². The number of hydrogen-bond acceptors (Lipinski definition) is 3. The van der Waals surface area contributed by atoms with Crippen LogP contribution in [0.25, 0.3) is 0 Å². The van der Waals surface area contributed by atoms with Crippen molar-refractivity contribution in [3.8, 4) is 0 Å². The van der Waals surface area contributed by atoms with E-state index in [4.69, 9.17) is 0 Å². The summed E-state index contributed by atoms with van der Waals surface area (Å²) < 4.78 is 0. The maximum absolute atomic E-state index is 12.3. The number of carbonyl (C=O) groups excluding carboxylic acids is 1. The molecule has 0 aromatic carbocycles. The van der Waals surface area contributed by atoms with Crippen LogP contribution in [0.5, 0.6) is 0 Å². The lowest BCUT2D eigenvalue weighted by atomic mass is 9.44. The molecular formula is C21H34O3. The van der Waals surface area contributed by atoms with Gasteiger partial charge >= 0.3 is 0 Å². The van der Waals surface area contributed by atoms with Crippen molar-refractivity contribution in [2.24, 2.45) is 40.4 Å². The number of aliphatic hydroxyl groups is 2. The first-order chi connectivity index (χ1) is 11.2. The molecule has 0 amide bonds. The highest BCUT2D eigenvalue weighted by molar-refractivity contribution is 5.82. The molecule has 4 saturated carbocycles. The minimum Gasteiger partial charge on any atom is -0.396 e. The van der Waals surface area contributed by atoms with Crippen molar-refractivity contribution in [1.82, 2.24) is 0 Å². The van der Waals surface area contributed by atoms with Gasteiger partial charge in [0.1, 0.15) is 5.78 Å². The number of carbonyl (C=O) groups is 1. The topological polar surface area (TPSA) is 57.5 Å². The van der Waals surface area contributed by atoms with Crippen LogP contribution in [0, 0.1) is 40.4 Å². The van der Waals surface area contributed by atoms with E-state index in [0.29, 0.717) is 35.9 Å². The molecule has 136 valence electrons. The third-order valence-electron chi connectivity index (χ3n) is 9.44. The van der Waals surface area contributed by atoms with Crippen molar-refractivity contribution in [1.29, 1.82) is 0 Å². The van der Waals surface area contributed by atoms with Gasteiger partial charge in [0.15, 0.2) is 0 Å². The molecule has 0 spiro atoms. The summed E-state index contributed by atoms with van der Waals surface area (Å²) in [5.41, 5.74) is -0.241. The van der Waals surface area contributed by atoms with Gasteiger partial charge in [-0.1, -0.05) is 13.8 Å². The second kappa shape index (κ2) is 5.30. The number of fused-ring (bicyclic) bond motifs is 5. The SMILES string of the molecule is C[C@]12C[C@@H](CO)C(=O)CC1CC[C@@H]1[C@@H]2CC[C@@]2(C)[C@H]1CC[C@]2(C)O. The Morgan fingerprint density at radius 3 is 2.46 bits per heavy atom. The second-order valence-electron chi connectivity index (χ2n) is 10.2. The van der Waals surface area contributed by atoms with Gasteiger partial charge in [-0.25, -0.2) is 0 Å². The molecule has 4 aliphatic rings. The first kappa shape index (κ1) is 17.0. The first-order valence-corrected chi connectivity index (χ1v) is 10.1. The molecule has 8 atom stereocenters. The summed E-state index contributed by atoms with van der Waals surface area (Å²) in [6, 6.07) is 0. The van der Waals surface area contributed by atoms with Crippen molar-refractivity contribution in [2.75, 3.05) is 6.61 Å². The molecule has 24 heavy (non-hydrogen) atoms. The highest BCUT2D eigenvalue weighted by Gasteiger charge is 2.63. The molecule has 2 N–H and O–H groups in total. The molecule has 3 nitrogen and oxygen atoms in total. The third kappa shape index (κ3) is 2.06. The molecule has 1 unspecified atom stereocenters. The van der Waals surface area contributed by atoms with Gasteiger partial charge in [0.25, 0.3) is 0 Å². The highest BCUT2D eigenvalue weighted by Crippen LogP contribution is 2.68. The summed E-state index contributed by atoms with van der Waals surface area (Å²) >= 11 is 0. The fraction of sp³-hybridized carbons (Fsp3) is 0.952. The second-order valence-corrected chi connectivity index (χ2v) is 10.2. The van der Waals surface area contributed by atoms with E-state index >= 15 is 0 Å². The fourth-order valence-corrected chi connectivity index (χ4v) is 7.65. The van der Waals surface area contributed by atoms with E-state index in [0.717, 1.165) is 32.1 Å². The maximum atomic E-state index is 12.3. The van der Waals surface area contributed by atoms with Crippen LogP contribution in [-0.4, -0.2) is 28.2 Å². The van der Waals surface area contributed by atoms with Gasteiger partial charge in [0.05, 0.1) is 12.2 Å². The Morgan fingerprint density at radius 2 is 1.75 bits per heavy atom. The summed E-state index contributed by atoms with van der Waals surface area (Å²) in [6.45, 7) is 6.83. The summed E-state index contributed by atoms with van der Waals surface area (Å²) in [6.07, 6.45) is 8.37. The zero-order valence-electron chi connectivity index (χ0n) is 15.6. The number of ketones is 1. The molecule has 0 aliphatic heterocycles. The van der Waals surface area contributed by atoms with Gasteiger partial charge < -0.3 is 10.2 Å². The van der Waals surface area contributed by atoms with E-state index < -0.39 is 5.60 Å². The number of rotatable bonds is 1. The predicted octanol–water partition coefficient (Wildman–Crippen LogP) is 3.57. The average Bonchev–Trinajstić information content (AvgIpc) is 2.77. The standard InChI is InChI=1S/C21H34O3/c1-19-11-13(12-22)18(23)10-14(19)4-5-15-16(19)6-8-20(2)17(15)7-9-21(20,3)24/h13-17,22,24H,4-12H2,1-3H3/t13-,14?,15+,16-,17-,19-,20-,21-/m0/s1. The van der Waals surface area contributed by atoms with Crippen LogP contribution >= 0.6 is 0 Å². The largest absolute Gasteiger partial charge is 0.396 e. The quantitative estimate of drug-likeness (QED) is 0.771. The van der Waals surface area contributed by atoms with E-state index in [2.05, 4.69) is 20.8 Å². The van der Waals surface area contributed by atoms with Crippen LogP contribution in [0.3, 0.4) is 0 Å². The highest BCUT2D eigenvalue weighted by atomic mass is 16.3. The number of hydrogen-bond donors (Lipinski definition) is 2. The Hall–Kier alpha value is -0.410. The number of Topliss-reactive ketones (excluding diaryl/α,β-unsaturated/α-hetero) is 1. The van der Waals surface area contributed by atoms with E-state index in [1.165, 1.54) is 12.8 Å². The molecule has 4 fully saturated rings. The monoisotopic (exact) mass is 334 g/mol. The lowest BCUT2D eigenvalue weighted by Crippen LogP contribution is -2.57. The van der Waals surface area contributed by atoms with Gasteiger partial charge in [-0.15, -0.1) is 0 Å². The lowest BCUT2D eigenvalue weighted by Gasteiger charge is -2.61. The summed E-state index contributed by atoms with van der Waals surface area (Å²) in [7, 11) is 0. The van der Waals surface area contributed by atoms with Crippen molar-refractivity contribution >= 4 is 5.78 Å². The molecule has 0 saturated heterocycles. The van der Waals surface area contributed by atoms with Crippen LogP contribution in [-0.2, 0) is 4.79 Å². The zero-order valence-corrected chi connectivity index (χ0v) is 15.6. The van der Waals surface area contributed by atoms with Gasteiger partial charge in [-0.05, 0) is 86.4 Å². The van der Waals surface area contributed by atoms with E-state index in [1.807, 2.05) is 0 Å². The normalized spacial score (nSPS) is 57.2. The van der Waals surface area contributed by atoms with Crippen LogP contribution in [0.2, 0.25) is 0 Å². The van der Waals surface area contributed by atoms with E-state index in [-0.39, 0.29) is 23.4 Å². The fourth-order valence-electron chi connectivity index (χ4n) is 7.65. The van der Waals surface area contributed by atoms with Gasteiger partial charge in [0, 0.05) is 12.3 Å². The Labute approximate surface area is 146 Å². The van der Waals surface area contributed by atoms with Crippen molar-refractivity contribution in [3.05, 3.63) is 0 Å². The Bertz CT molecular complexity index is 541. The third-order valence-corrected chi connectivity index (χ3v) is 9.44. The molecule has 3 heteroatoms. The molecule has 4 rings (SSSR count). The maximum Gasteiger partial charge on any atom is 0.138 e. The molecule has 0 radical (unpaired) electrons. The van der Waals surface area contributed by atoms with Crippen molar-refractivity contribution < 1.29 is 15.0 Å². The zero-order chi connectivity index (χ0) is 17.3. The Kier molecular flexibility index (Phi) is 3.76. The minimum absolute atomic E-state index is 0.0222. The smallest absolute Gasteiger partial charge is 0.138 e. The van der Waals surface area contributed by atoms with Crippen LogP contribution < -0.4 is 0 Å². The molecule has 0 aromatic rings. The molecular weight excluding hydrogens is 300 g/mol. The first-order valence-electron chi connectivity index (χ1n) is 10.1. The molecule has 4 aliphatic carbocycles. The van der Waals surface area contributed by atoms with Crippen LogP contribution in [0.1, 0.15) is 72.1 Å². The molecule has 0 bridgehead atoms.